The predicted octanol–water partition coefficient (Wildman–Crippen LogP) is 8.14. The SMILES string of the molecule is Cc1ccc(-c2ccccc2)n1-c1ccc(C(=O)N/N=C/c2cc(I)c(OCc3ccccc3F)c(I)c2)cc1. The lowest BCUT2D eigenvalue weighted by Crippen LogP contribution is -2.17. The highest BCUT2D eigenvalue weighted by Gasteiger charge is 2.12. The number of hydrogen-bond donors (Lipinski definition) is 1. The van der Waals surface area contributed by atoms with Gasteiger partial charge in [0.25, 0.3) is 5.91 Å². The van der Waals surface area contributed by atoms with Crippen molar-refractivity contribution in [1.82, 2.24) is 9.99 Å². The Hall–Kier alpha value is -3.51. The highest BCUT2D eigenvalue weighted by Crippen LogP contribution is 2.30. The minimum Gasteiger partial charge on any atom is -0.487 e. The summed E-state index contributed by atoms with van der Waals surface area (Å²) >= 11 is 4.36. The van der Waals surface area contributed by atoms with Gasteiger partial charge in [-0.15, -0.1) is 0 Å². The number of rotatable bonds is 8. The predicted molar refractivity (Wildman–Crippen MR) is 174 cm³/mol. The van der Waals surface area contributed by atoms with Crippen LogP contribution in [0.25, 0.3) is 16.9 Å². The van der Waals surface area contributed by atoms with Crippen molar-refractivity contribution in [1.29, 1.82) is 0 Å². The lowest BCUT2D eigenvalue weighted by molar-refractivity contribution is 0.0955. The number of nitrogens with one attached hydrogen (secondary N) is 1. The quantitative estimate of drug-likeness (QED) is 0.0989. The highest BCUT2D eigenvalue weighted by molar-refractivity contribution is 14.1. The number of amides is 1. The molecule has 0 unspecified atom stereocenters. The number of carbonyl (C=O) groups excluding carboxylic acids is 1. The van der Waals surface area contributed by atoms with Gasteiger partial charge in [-0.25, -0.2) is 9.82 Å². The molecule has 0 bridgehead atoms. The van der Waals surface area contributed by atoms with Crippen LogP contribution in [-0.4, -0.2) is 16.7 Å². The van der Waals surface area contributed by atoms with Crippen LogP contribution in [-0.2, 0) is 6.61 Å². The highest BCUT2D eigenvalue weighted by atomic mass is 127. The van der Waals surface area contributed by atoms with Gasteiger partial charge in [0.05, 0.1) is 19.0 Å². The average Bonchev–Trinajstić information content (AvgIpc) is 3.35. The second-order valence-electron chi connectivity index (χ2n) is 9.00. The molecular formula is C32H24FI2N3O2. The average molecular weight is 755 g/mol. The summed E-state index contributed by atoms with van der Waals surface area (Å²) in [4.78, 5) is 12.7. The lowest BCUT2D eigenvalue weighted by Gasteiger charge is -2.13. The molecule has 0 saturated heterocycles. The Balaban J connectivity index is 1.24. The Morgan fingerprint density at radius 1 is 0.925 bits per heavy atom. The molecule has 0 saturated carbocycles. The third-order valence-electron chi connectivity index (χ3n) is 6.26. The first-order valence-electron chi connectivity index (χ1n) is 12.4. The first-order chi connectivity index (χ1) is 19.4. The molecule has 40 heavy (non-hydrogen) atoms. The van der Waals surface area contributed by atoms with E-state index in [1.165, 1.54) is 6.07 Å². The van der Waals surface area contributed by atoms with Gasteiger partial charge in [-0.05, 0) is 118 Å². The summed E-state index contributed by atoms with van der Waals surface area (Å²) in [6.45, 7) is 2.20. The number of halogens is 3. The number of hydrogen-bond acceptors (Lipinski definition) is 3. The zero-order chi connectivity index (χ0) is 28.1. The van der Waals surface area contributed by atoms with Crippen LogP contribution in [0.4, 0.5) is 4.39 Å². The van der Waals surface area contributed by atoms with Gasteiger partial charge in [0, 0.05) is 22.5 Å². The monoisotopic (exact) mass is 755 g/mol. The van der Waals surface area contributed by atoms with Crippen molar-refractivity contribution in [3.8, 4) is 22.7 Å². The minimum absolute atomic E-state index is 0.137. The van der Waals surface area contributed by atoms with Gasteiger partial charge in [0.1, 0.15) is 18.2 Å². The first-order valence-corrected chi connectivity index (χ1v) is 14.6. The van der Waals surface area contributed by atoms with Gasteiger partial charge >= 0.3 is 0 Å². The number of benzene rings is 4. The van der Waals surface area contributed by atoms with Crippen LogP contribution < -0.4 is 10.2 Å². The number of aryl methyl sites for hydroxylation is 1. The summed E-state index contributed by atoms with van der Waals surface area (Å²) in [7, 11) is 0. The molecule has 8 heteroatoms. The van der Waals surface area contributed by atoms with Crippen LogP contribution in [0.5, 0.6) is 5.75 Å². The van der Waals surface area contributed by atoms with E-state index in [4.69, 9.17) is 4.74 Å². The van der Waals surface area contributed by atoms with Gasteiger partial charge in [-0.2, -0.15) is 5.10 Å². The fourth-order valence-corrected chi connectivity index (χ4v) is 6.39. The standard InChI is InChI=1S/C32H24FI2N3O2/c1-21-11-16-30(23-7-3-2-4-8-23)38(21)26-14-12-24(13-15-26)32(39)37-36-19-22-17-28(34)31(29(35)18-22)40-20-25-9-5-6-10-27(25)33/h2-19H,20H2,1H3,(H,37,39)/b36-19+. The van der Waals surface area contributed by atoms with Crippen LogP contribution in [0.1, 0.15) is 27.2 Å². The summed E-state index contributed by atoms with van der Waals surface area (Å²) in [6.07, 6.45) is 1.59. The van der Waals surface area contributed by atoms with Crippen LogP contribution in [0.3, 0.4) is 0 Å². The van der Waals surface area contributed by atoms with Gasteiger partial charge in [0.2, 0.25) is 0 Å². The zero-order valence-corrected chi connectivity index (χ0v) is 25.8. The third-order valence-corrected chi connectivity index (χ3v) is 7.87. The summed E-state index contributed by atoms with van der Waals surface area (Å²) in [5.41, 5.74) is 8.71. The molecule has 0 radical (unpaired) electrons. The number of ether oxygens (including phenoxy) is 1. The Kier molecular flexibility index (Phi) is 8.95. The Morgan fingerprint density at radius 3 is 2.30 bits per heavy atom. The van der Waals surface area contributed by atoms with Crippen LogP contribution >= 0.6 is 45.2 Å². The maximum atomic E-state index is 13.9. The number of carbonyl (C=O) groups is 1. The second kappa shape index (κ2) is 12.8. The molecular weight excluding hydrogens is 731 g/mol. The first kappa shape index (κ1) is 28.0. The smallest absolute Gasteiger partial charge is 0.271 e. The zero-order valence-electron chi connectivity index (χ0n) is 21.4. The number of nitrogens with zero attached hydrogens (tertiary/aromatic N) is 2. The van der Waals surface area contributed by atoms with Crippen molar-refractivity contribution in [2.24, 2.45) is 5.10 Å². The molecule has 0 spiro atoms. The van der Waals surface area contributed by atoms with E-state index in [1.807, 2.05) is 42.5 Å². The fourth-order valence-electron chi connectivity index (χ4n) is 4.26. The molecule has 4 aromatic carbocycles. The van der Waals surface area contributed by atoms with Crippen molar-refractivity contribution in [2.75, 3.05) is 0 Å². The largest absolute Gasteiger partial charge is 0.487 e. The molecule has 1 amide bonds. The third kappa shape index (κ3) is 6.44. The van der Waals surface area contributed by atoms with Crippen LogP contribution in [0, 0.1) is 19.9 Å². The molecule has 0 aliphatic rings. The van der Waals surface area contributed by atoms with Gasteiger partial charge in [0.15, 0.2) is 0 Å². The second-order valence-corrected chi connectivity index (χ2v) is 11.3. The van der Waals surface area contributed by atoms with E-state index in [0.29, 0.717) is 16.9 Å². The molecule has 5 nitrogen and oxygen atoms in total. The summed E-state index contributed by atoms with van der Waals surface area (Å²) < 4.78 is 23.7. The Labute approximate surface area is 259 Å². The topological polar surface area (TPSA) is 55.6 Å². The molecule has 0 atom stereocenters. The maximum absolute atomic E-state index is 13.9. The lowest BCUT2D eigenvalue weighted by atomic mass is 10.1. The van der Waals surface area contributed by atoms with E-state index < -0.39 is 0 Å². The fraction of sp³-hybridized carbons (Fsp3) is 0.0625. The van der Waals surface area contributed by atoms with E-state index in [9.17, 15) is 9.18 Å². The number of aromatic nitrogens is 1. The van der Waals surface area contributed by atoms with Crippen LogP contribution in [0.2, 0.25) is 0 Å². The van der Waals surface area contributed by atoms with Crippen LogP contribution in [0.15, 0.2) is 108 Å². The summed E-state index contributed by atoms with van der Waals surface area (Å²) in [5, 5.41) is 4.15. The van der Waals surface area contributed by atoms with Crippen molar-refractivity contribution in [2.45, 2.75) is 13.5 Å². The number of hydrazone groups is 1. The Morgan fingerprint density at radius 2 is 1.60 bits per heavy atom. The molecule has 0 aliphatic carbocycles. The normalized spacial score (nSPS) is 11.1. The van der Waals surface area contributed by atoms with E-state index in [1.54, 1.807) is 36.5 Å². The van der Waals surface area contributed by atoms with E-state index in [-0.39, 0.29) is 18.3 Å². The van der Waals surface area contributed by atoms with Gasteiger partial charge < -0.3 is 9.30 Å². The Bertz CT molecular complexity index is 1660. The molecule has 0 aliphatic heterocycles. The minimum atomic E-state index is -0.301. The molecule has 1 aromatic heterocycles. The molecule has 1 N–H and O–H groups in total. The van der Waals surface area contributed by atoms with E-state index in [0.717, 1.165) is 35.3 Å². The van der Waals surface area contributed by atoms with Gasteiger partial charge in [-0.1, -0.05) is 48.5 Å². The van der Waals surface area contributed by atoms with E-state index in [2.05, 4.69) is 91.5 Å². The van der Waals surface area contributed by atoms with Crippen molar-refractivity contribution in [3.63, 3.8) is 0 Å². The van der Waals surface area contributed by atoms with E-state index >= 15 is 0 Å². The molecule has 5 aromatic rings. The molecule has 200 valence electrons. The van der Waals surface area contributed by atoms with Crippen molar-refractivity contribution < 1.29 is 13.9 Å². The van der Waals surface area contributed by atoms with Gasteiger partial charge in [-0.3, -0.25) is 4.79 Å². The molecule has 5 rings (SSSR count). The molecule has 0 fully saturated rings. The van der Waals surface area contributed by atoms with Crippen molar-refractivity contribution in [3.05, 3.63) is 138 Å². The molecule has 1 heterocycles. The summed E-state index contributed by atoms with van der Waals surface area (Å²) in [6, 6.07) is 32.2. The van der Waals surface area contributed by atoms with Crippen molar-refractivity contribution >= 4 is 57.3 Å². The maximum Gasteiger partial charge on any atom is 0.271 e. The summed E-state index contributed by atoms with van der Waals surface area (Å²) in [5.74, 6) is 0.0852.